The van der Waals surface area contributed by atoms with E-state index in [0.717, 1.165) is 23.8 Å². The quantitative estimate of drug-likeness (QED) is 0.697. The predicted octanol–water partition coefficient (Wildman–Crippen LogP) is 2.47. The molecule has 0 saturated heterocycles. The fourth-order valence-electron chi connectivity index (χ4n) is 2.19. The predicted molar refractivity (Wildman–Crippen MR) is 63.7 cm³/mol. The fraction of sp³-hybridized carbons (Fsp3) is 0.250. The van der Waals surface area contributed by atoms with Crippen LogP contribution in [-0.2, 0) is 13.1 Å². The van der Waals surface area contributed by atoms with E-state index in [-0.39, 0.29) is 0 Å². The van der Waals surface area contributed by atoms with E-state index in [1.54, 1.807) is 0 Å². The fourth-order valence-corrected chi connectivity index (χ4v) is 2.42. The van der Waals surface area contributed by atoms with Gasteiger partial charge in [0.1, 0.15) is 0 Å². The molecule has 16 heavy (non-hydrogen) atoms. The van der Waals surface area contributed by atoms with Gasteiger partial charge >= 0.3 is 0 Å². The van der Waals surface area contributed by atoms with Crippen LogP contribution < -0.4 is 0 Å². The zero-order valence-corrected chi connectivity index (χ0v) is 9.78. The van der Waals surface area contributed by atoms with Crippen molar-refractivity contribution >= 4 is 11.6 Å². The number of nitrogens with zero attached hydrogens (tertiary/aromatic N) is 3. The third kappa shape index (κ3) is 1.44. The lowest BCUT2D eigenvalue weighted by Gasteiger charge is -2.13. The number of hydrogen-bond acceptors (Lipinski definition) is 2. The highest BCUT2D eigenvalue weighted by Gasteiger charge is 2.18. The Balaban J connectivity index is 2.28. The number of benzene rings is 1. The maximum absolute atomic E-state index is 6.25. The summed E-state index contributed by atoms with van der Waals surface area (Å²) < 4.78 is 2.12. The summed E-state index contributed by atoms with van der Waals surface area (Å²) in [6, 6.07) is 6.01. The summed E-state index contributed by atoms with van der Waals surface area (Å²) in [5.74, 6) is 0. The van der Waals surface area contributed by atoms with Gasteiger partial charge in [0, 0.05) is 29.9 Å². The lowest BCUT2D eigenvalue weighted by atomic mass is 10.1. The third-order valence-corrected chi connectivity index (χ3v) is 3.28. The summed E-state index contributed by atoms with van der Waals surface area (Å²) >= 11 is 6.25. The number of hydrogen-bond donors (Lipinski definition) is 0. The smallest absolute Gasteiger partial charge is 0.0994 e. The average Bonchev–Trinajstić information content (AvgIpc) is 2.64. The van der Waals surface area contributed by atoms with Gasteiger partial charge in [0.2, 0.25) is 0 Å². The number of halogens is 1. The van der Waals surface area contributed by atoms with Crippen LogP contribution in [-0.4, -0.2) is 21.5 Å². The summed E-state index contributed by atoms with van der Waals surface area (Å²) in [6.45, 7) is 1.77. The van der Waals surface area contributed by atoms with E-state index in [1.165, 1.54) is 11.3 Å². The first kappa shape index (κ1) is 9.87. The summed E-state index contributed by atoms with van der Waals surface area (Å²) in [6.07, 6.45) is 3.76. The minimum absolute atomic E-state index is 0.825. The van der Waals surface area contributed by atoms with Crippen LogP contribution in [0.25, 0.3) is 5.69 Å². The van der Waals surface area contributed by atoms with Gasteiger partial charge in [-0.05, 0) is 19.2 Å². The van der Waals surface area contributed by atoms with Gasteiger partial charge in [-0.3, -0.25) is 4.90 Å². The molecule has 0 saturated carbocycles. The lowest BCUT2D eigenvalue weighted by Crippen LogP contribution is -2.15. The van der Waals surface area contributed by atoms with E-state index < -0.39 is 0 Å². The van der Waals surface area contributed by atoms with E-state index in [0.29, 0.717) is 0 Å². The van der Waals surface area contributed by atoms with Crippen LogP contribution in [0.2, 0.25) is 5.02 Å². The monoisotopic (exact) mass is 233 g/mol. The van der Waals surface area contributed by atoms with Gasteiger partial charge < -0.3 is 4.57 Å². The molecule has 1 aliphatic heterocycles. The Labute approximate surface area is 99.3 Å². The molecule has 0 spiro atoms. The van der Waals surface area contributed by atoms with Crippen LogP contribution in [0.3, 0.4) is 0 Å². The Morgan fingerprint density at radius 3 is 3.06 bits per heavy atom. The van der Waals surface area contributed by atoms with Crippen molar-refractivity contribution < 1.29 is 0 Å². The Hall–Kier alpha value is -1.32. The molecule has 3 nitrogen and oxygen atoms in total. The Morgan fingerprint density at radius 2 is 2.19 bits per heavy atom. The summed E-state index contributed by atoms with van der Waals surface area (Å²) in [5, 5.41) is 0.825. The maximum Gasteiger partial charge on any atom is 0.0994 e. The SMILES string of the molecule is CN1Cc2c(Cl)cccc2-n2cncc2C1. The molecule has 0 unspecified atom stereocenters. The van der Waals surface area contributed by atoms with Crippen LogP contribution >= 0.6 is 11.6 Å². The van der Waals surface area contributed by atoms with Gasteiger partial charge in [-0.1, -0.05) is 17.7 Å². The van der Waals surface area contributed by atoms with Gasteiger partial charge in [0.15, 0.2) is 0 Å². The Bertz CT molecular complexity index is 533. The van der Waals surface area contributed by atoms with Gasteiger partial charge in [-0.15, -0.1) is 0 Å². The number of rotatable bonds is 0. The molecule has 0 fully saturated rings. The number of imidazole rings is 1. The Morgan fingerprint density at radius 1 is 1.31 bits per heavy atom. The third-order valence-electron chi connectivity index (χ3n) is 2.93. The van der Waals surface area contributed by atoms with Gasteiger partial charge in [-0.25, -0.2) is 4.98 Å². The molecule has 1 aromatic carbocycles. The van der Waals surface area contributed by atoms with Crippen LogP contribution in [0.4, 0.5) is 0 Å². The second kappa shape index (κ2) is 3.61. The molecule has 0 amide bonds. The van der Waals surface area contributed by atoms with Crippen molar-refractivity contribution in [3.63, 3.8) is 0 Å². The van der Waals surface area contributed by atoms with E-state index >= 15 is 0 Å². The normalized spacial score (nSPS) is 15.4. The molecule has 0 bridgehead atoms. The molecule has 1 aliphatic rings. The minimum atomic E-state index is 0.825. The van der Waals surface area contributed by atoms with Crippen LogP contribution in [0.5, 0.6) is 0 Å². The first-order valence-electron chi connectivity index (χ1n) is 5.23. The van der Waals surface area contributed by atoms with Crippen LogP contribution in [0.1, 0.15) is 11.3 Å². The molecular formula is C12H12ClN3. The number of aromatic nitrogens is 2. The molecule has 2 aromatic rings. The largest absolute Gasteiger partial charge is 0.302 e. The van der Waals surface area contributed by atoms with E-state index in [4.69, 9.17) is 11.6 Å². The van der Waals surface area contributed by atoms with Crippen molar-refractivity contribution in [3.05, 3.63) is 47.0 Å². The van der Waals surface area contributed by atoms with Crippen molar-refractivity contribution in [3.8, 4) is 5.69 Å². The highest BCUT2D eigenvalue weighted by Crippen LogP contribution is 2.28. The first-order chi connectivity index (χ1) is 7.75. The van der Waals surface area contributed by atoms with Gasteiger partial charge in [0.05, 0.1) is 17.7 Å². The van der Waals surface area contributed by atoms with E-state index in [1.807, 2.05) is 24.7 Å². The van der Waals surface area contributed by atoms with E-state index in [9.17, 15) is 0 Å². The maximum atomic E-state index is 6.25. The molecule has 0 N–H and O–H groups in total. The molecule has 0 radical (unpaired) electrons. The molecular weight excluding hydrogens is 222 g/mol. The standard InChI is InChI=1S/C12H12ClN3/c1-15-6-9-5-14-8-16(9)12-4-2-3-11(13)10(12)7-15/h2-5,8H,6-7H2,1H3. The van der Waals surface area contributed by atoms with Crippen molar-refractivity contribution in [1.29, 1.82) is 0 Å². The highest BCUT2D eigenvalue weighted by molar-refractivity contribution is 6.31. The first-order valence-corrected chi connectivity index (χ1v) is 5.61. The second-order valence-electron chi connectivity index (χ2n) is 4.16. The molecule has 82 valence electrons. The van der Waals surface area contributed by atoms with Crippen molar-refractivity contribution in [2.45, 2.75) is 13.1 Å². The van der Waals surface area contributed by atoms with Crippen LogP contribution in [0, 0.1) is 0 Å². The van der Waals surface area contributed by atoms with Gasteiger partial charge in [-0.2, -0.15) is 0 Å². The lowest BCUT2D eigenvalue weighted by molar-refractivity contribution is 0.320. The zero-order valence-electron chi connectivity index (χ0n) is 9.02. The topological polar surface area (TPSA) is 21.1 Å². The van der Waals surface area contributed by atoms with Crippen molar-refractivity contribution in [1.82, 2.24) is 14.5 Å². The van der Waals surface area contributed by atoms with Crippen LogP contribution in [0.15, 0.2) is 30.7 Å². The summed E-state index contributed by atoms with van der Waals surface area (Å²) in [4.78, 5) is 6.44. The minimum Gasteiger partial charge on any atom is -0.302 e. The van der Waals surface area contributed by atoms with E-state index in [2.05, 4.69) is 27.6 Å². The van der Waals surface area contributed by atoms with Gasteiger partial charge in [0.25, 0.3) is 0 Å². The molecule has 3 rings (SSSR count). The Kier molecular flexibility index (Phi) is 2.23. The second-order valence-corrected chi connectivity index (χ2v) is 4.57. The average molecular weight is 234 g/mol. The number of fused-ring (bicyclic) bond motifs is 3. The summed E-state index contributed by atoms with van der Waals surface area (Å²) in [7, 11) is 2.09. The molecule has 2 heterocycles. The van der Waals surface area contributed by atoms with Crippen molar-refractivity contribution in [2.24, 2.45) is 0 Å². The molecule has 1 aromatic heterocycles. The molecule has 0 aliphatic carbocycles. The zero-order chi connectivity index (χ0) is 11.1. The molecule has 4 heteroatoms. The van der Waals surface area contributed by atoms with Crippen molar-refractivity contribution in [2.75, 3.05) is 7.05 Å². The summed E-state index contributed by atoms with van der Waals surface area (Å²) in [5.41, 5.74) is 3.51. The highest BCUT2D eigenvalue weighted by atomic mass is 35.5. The molecule has 0 atom stereocenters.